The summed E-state index contributed by atoms with van der Waals surface area (Å²) >= 11 is 6.19. The highest BCUT2D eigenvalue weighted by Crippen LogP contribution is 2.42. The number of ether oxygens (including phenoxy) is 2. The number of aromatic nitrogens is 4. The summed E-state index contributed by atoms with van der Waals surface area (Å²) in [4.78, 5) is 26.0. The van der Waals surface area contributed by atoms with Crippen molar-refractivity contribution >= 4 is 39.1 Å². The van der Waals surface area contributed by atoms with Crippen LogP contribution in [0.25, 0.3) is 0 Å². The normalized spacial score (nSPS) is 16.1. The van der Waals surface area contributed by atoms with Crippen molar-refractivity contribution in [3.8, 4) is 5.75 Å². The van der Waals surface area contributed by atoms with Crippen LogP contribution in [0.15, 0.2) is 38.6 Å². The Hall–Kier alpha value is -3.73. The molecule has 1 atom stereocenters. The van der Waals surface area contributed by atoms with Gasteiger partial charge in [0.25, 0.3) is 10.0 Å². The number of fused-ring (bicyclic) bond motifs is 1. The van der Waals surface area contributed by atoms with Gasteiger partial charge in [-0.15, -0.1) is 0 Å². The van der Waals surface area contributed by atoms with Crippen LogP contribution in [0.2, 0.25) is 5.15 Å². The number of hydrogen-bond acceptors (Lipinski definition) is 9. The molecule has 0 unspecified atom stereocenters. The van der Waals surface area contributed by atoms with E-state index in [9.17, 15) is 31.2 Å². The monoisotopic (exact) mass is 636 g/mol. The number of halogens is 4. The zero-order valence-electron chi connectivity index (χ0n) is 23.1. The summed E-state index contributed by atoms with van der Waals surface area (Å²) < 4.78 is 85.0. The maximum Gasteiger partial charge on any atom is 0.438 e. The van der Waals surface area contributed by atoms with Gasteiger partial charge in [0.1, 0.15) is 16.7 Å². The molecule has 3 aromatic rings. The van der Waals surface area contributed by atoms with Crippen molar-refractivity contribution in [3.05, 3.63) is 45.9 Å². The Balaban J connectivity index is 1.71. The van der Waals surface area contributed by atoms with E-state index in [1.807, 2.05) is 0 Å². The van der Waals surface area contributed by atoms with Gasteiger partial charge in [-0.2, -0.15) is 18.3 Å². The number of hydrogen-bond donors (Lipinski definition) is 2. The summed E-state index contributed by atoms with van der Waals surface area (Å²) in [7, 11) is -4.38. The van der Waals surface area contributed by atoms with Gasteiger partial charge in [0.2, 0.25) is 5.60 Å². The Morgan fingerprint density at radius 2 is 1.95 bits per heavy atom. The molecule has 18 heteroatoms. The number of sulfonamides is 1. The minimum Gasteiger partial charge on any atom is -0.486 e. The number of carbonyl (C=O) groups is 1. The number of nitrogens with zero attached hydrogens (tertiary/aromatic N) is 4. The molecule has 3 heterocycles. The molecule has 4 rings (SSSR count). The molecule has 1 aliphatic heterocycles. The molecular weight excluding hydrogens is 609 g/mol. The number of amides is 1. The van der Waals surface area contributed by atoms with Gasteiger partial charge in [-0.05, 0) is 45.4 Å². The number of anilines is 2. The van der Waals surface area contributed by atoms with Crippen LogP contribution in [-0.4, -0.2) is 58.9 Å². The quantitative estimate of drug-likeness (QED) is 0.364. The second-order valence-electron chi connectivity index (χ2n) is 10.7. The summed E-state index contributed by atoms with van der Waals surface area (Å²) in [6.07, 6.45) is -5.58. The number of rotatable bonds is 8. The van der Waals surface area contributed by atoms with E-state index in [0.717, 1.165) is 4.31 Å². The molecule has 1 aliphatic rings. The van der Waals surface area contributed by atoms with Gasteiger partial charge in [0.05, 0.1) is 12.2 Å². The van der Waals surface area contributed by atoms with E-state index in [1.54, 1.807) is 20.8 Å². The number of carbonyl (C=O) groups excluding carboxylic acids is 1. The van der Waals surface area contributed by atoms with Crippen LogP contribution in [0.4, 0.5) is 29.3 Å². The van der Waals surface area contributed by atoms with Gasteiger partial charge in [-0.1, -0.05) is 30.6 Å². The molecule has 230 valence electrons. The van der Waals surface area contributed by atoms with Crippen LogP contribution in [0.1, 0.15) is 46.9 Å². The predicted octanol–water partition coefficient (Wildman–Crippen LogP) is 4.45. The van der Waals surface area contributed by atoms with Gasteiger partial charge in [0.15, 0.2) is 11.0 Å². The van der Waals surface area contributed by atoms with Gasteiger partial charge in [0, 0.05) is 23.8 Å². The second-order valence-corrected chi connectivity index (χ2v) is 12.8. The van der Waals surface area contributed by atoms with E-state index in [1.165, 1.54) is 29.1 Å². The molecule has 42 heavy (non-hydrogen) atoms. The third-order valence-electron chi connectivity index (χ3n) is 6.56. The van der Waals surface area contributed by atoms with E-state index in [4.69, 9.17) is 16.3 Å². The average Bonchev–Trinajstić information content (AvgIpc) is 3.48. The van der Waals surface area contributed by atoms with Crippen LogP contribution in [0, 0.1) is 0 Å². The van der Waals surface area contributed by atoms with Crippen LogP contribution < -0.4 is 20.1 Å². The summed E-state index contributed by atoms with van der Waals surface area (Å²) in [5, 5.41) is 9.67. The Labute approximate surface area is 242 Å². The minimum absolute atomic E-state index is 0.0212. The molecule has 1 aromatic carbocycles. The lowest BCUT2D eigenvalue weighted by Gasteiger charge is -2.38. The molecule has 0 spiro atoms. The number of H-pyrrole nitrogens is 1. The number of nitrogens with one attached hydrogen (secondary N) is 2. The van der Waals surface area contributed by atoms with Crippen LogP contribution in [0.3, 0.4) is 0 Å². The van der Waals surface area contributed by atoms with Crippen LogP contribution in [0.5, 0.6) is 5.75 Å². The maximum absolute atomic E-state index is 13.9. The van der Waals surface area contributed by atoms with Gasteiger partial charge >= 0.3 is 18.0 Å². The maximum atomic E-state index is 13.9. The first-order chi connectivity index (χ1) is 19.3. The Bertz CT molecular complexity index is 1650. The standard InChI is InChI=1S/C24H28ClF3N6O7S/c1-6-33-12-17(18(25)31-33)42(37,38)34-11-14(10-22(2,3)19-30-21(36)41-32-19)39-16-8-7-13(9-15(16)34)29-20(35)40-23(4,5)24(26,27)28/h7-9,12,14H,6,10-11H2,1-5H3,(H,29,35)(H,30,32,36)/t14-/m0/s1. The molecule has 2 N–H and O–H groups in total. The summed E-state index contributed by atoms with van der Waals surface area (Å²) in [5.41, 5.74) is -3.69. The van der Waals surface area contributed by atoms with E-state index < -0.39 is 45.2 Å². The largest absolute Gasteiger partial charge is 0.486 e. The SMILES string of the molecule is CCn1cc(S(=O)(=O)N2C[C@H](CC(C)(C)c3noc(=O)[nH]3)Oc3ccc(NC(=O)OC(C)(C)C(F)(F)F)cc32)c(Cl)n1. The van der Waals surface area contributed by atoms with Crippen molar-refractivity contribution in [2.24, 2.45) is 0 Å². The van der Waals surface area contributed by atoms with Crippen molar-refractivity contribution < 1.29 is 40.4 Å². The average molecular weight is 637 g/mol. The third kappa shape index (κ3) is 6.21. The van der Waals surface area contributed by atoms with Crippen molar-refractivity contribution in [2.75, 3.05) is 16.2 Å². The second kappa shape index (κ2) is 10.8. The molecular formula is C24H28ClF3N6O7S. The Morgan fingerprint density at radius 3 is 2.52 bits per heavy atom. The summed E-state index contributed by atoms with van der Waals surface area (Å²) in [5.74, 6) is -0.437. The lowest BCUT2D eigenvalue weighted by molar-refractivity contribution is -0.242. The van der Waals surface area contributed by atoms with Crippen molar-refractivity contribution in [3.63, 3.8) is 0 Å². The summed E-state index contributed by atoms with van der Waals surface area (Å²) in [6, 6.07) is 3.90. The third-order valence-corrected chi connectivity index (χ3v) is 8.74. The number of alkyl halides is 3. The molecule has 1 amide bonds. The fraction of sp³-hybridized carbons (Fsp3) is 0.500. The number of benzene rings is 1. The molecule has 0 saturated heterocycles. The van der Waals surface area contributed by atoms with E-state index in [0.29, 0.717) is 20.4 Å². The Kier molecular flexibility index (Phi) is 8.05. The molecule has 13 nitrogen and oxygen atoms in total. The lowest BCUT2D eigenvalue weighted by atomic mass is 9.85. The topological polar surface area (TPSA) is 162 Å². The predicted molar refractivity (Wildman–Crippen MR) is 143 cm³/mol. The van der Waals surface area contributed by atoms with Crippen molar-refractivity contribution in [1.29, 1.82) is 0 Å². The molecule has 0 fully saturated rings. The zero-order valence-corrected chi connectivity index (χ0v) is 24.6. The van der Waals surface area contributed by atoms with Crippen LogP contribution >= 0.6 is 11.6 Å². The highest BCUT2D eigenvalue weighted by molar-refractivity contribution is 7.93. The minimum atomic E-state index is -4.83. The van der Waals surface area contributed by atoms with Crippen LogP contribution in [-0.2, 0) is 26.7 Å². The first-order valence-electron chi connectivity index (χ1n) is 12.5. The number of aryl methyl sites for hydroxylation is 1. The molecule has 0 aliphatic carbocycles. The highest BCUT2D eigenvalue weighted by atomic mass is 35.5. The molecule has 2 aromatic heterocycles. The first kappa shape index (κ1) is 31.2. The lowest BCUT2D eigenvalue weighted by Crippen LogP contribution is -2.46. The Morgan fingerprint density at radius 1 is 1.26 bits per heavy atom. The highest BCUT2D eigenvalue weighted by Gasteiger charge is 2.51. The van der Waals surface area contributed by atoms with Crippen molar-refractivity contribution in [2.45, 2.75) is 75.8 Å². The fourth-order valence-corrected chi connectivity index (χ4v) is 6.13. The smallest absolute Gasteiger partial charge is 0.438 e. The summed E-state index contributed by atoms with van der Waals surface area (Å²) in [6.45, 7) is 6.72. The molecule has 0 radical (unpaired) electrons. The fourth-order valence-electron chi connectivity index (χ4n) is 4.18. The molecule has 0 bridgehead atoms. The first-order valence-corrected chi connectivity index (χ1v) is 14.4. The van der Waals surface area contributed by atoms with E-state index in [2.05, 4.69) is 29.8 Å². The zero-order chi connectivity index (χ0) is 31.3. The van der Waals surface area contributed by atoms with Gasteiger partial charge in [-0.25, -0.2) is 18.0 Å². The molecule has 0 saturated carbocycles. The van der Waals surface area contributed by atoms with Gasteiger partial charge in [-0.3, -0.25) is 23.8 Å². The van der Waals surface area contributed by atoms with E-state index in [-0.39, 0.29) is 46.0 Å². The van der Waals surface area contributed by atoms with E-state index >= 15 is 0 Å². The van der Waals surface area contributed by atoms with Crippen molar-refractivity contribution in [1.82, 2.24) is 19.9 Å². The van der Waals surface area contributed by atoms with Gasteiger partial charge < -0.3 is 9.47 Å². The number of aromatic amines is 1.